The van der Waals surface area contributed by atoms with E-state index < -0.39 is 0 Å². The van der Waals surface area contributed by atoms with Crippen LogP contribution in [0.5, 0.6) is 17.4 Å². The molecular formula is C21H19FN4O3. The second-order valence-electron chi connectivity index (χ2n) is 6.36. The van der Waals surface area contributed by atoms with Crippen molar-refractivity contribution < 1.29 is 18.7 Å². The summed E-state index contributed by atoms with van der Waals surface area (Å²) in [5.74, 6) is 1.58. The van der Waals surface area contributed by atoms with Gasteiger partial charge in [0.15, 0.2) is 6.61 Å². The van der Waals surface area contributed by atoms with Gasteiger partial charge < -0.3 is 19.7 Å². The summed E-state index contributed by atoms with van der Waals surface area (Å²) in [6, 6.07) is 14.8. The van der Waals surface area contributed by atoms with Crippen molar-refractivity contribution >= 4 is 17.5 Å². The number of hydrogen-bond acceptors (Lipinski definition) is 6. The number of carbonyl (C=O) groups is 1. The third-order valence-corrected chi connectivity index (χ3v) is 4.32. The molecule has 2 heterocycles. The predicted octanol–water partition coefficient (Wildman–Crippen LogP) is 3.64. The molecule has 0 fully saturated rings. The van der Waals surface area contributed by atoms with Crippen LogP contribution in [-0.4, -0.2) is 35.6 Å². The molecule has 1 amide bonds. The van der Waals surface area contributed by atoms with E-state index in [0.717, 1.165) is 5.69 Å². The lowest BCUT2D eigenvalue weighted by Crippen LogP contribution is -2.39. The summed E-state index contributed by atoms with van der Waals surface area (Å²) in [5.41, 5.74) is 0.787. The molecule has 0 saturated heterocycles. The summed E-state index contributed by atoms with van der Waals surface area (Å²) in [7, 11) is 0. The highest BCUT2D eigenvalue weighted by molar-refractivity contribution is 5.97. The van der Waals surface area contributed by atoms with Gasteiger partial charge in [-0.2, -0.15) is 4.98 Å². The number of amides is 1. The number of nitrogens with one attached hydrogen (secondary N) is 1. The van der Waals surface area contributed by atoms with Crippen molar-refractivity contribution in [3.8, 4) is 17.4 Å². The largest absolute Gasteiger partial charge is 0.482 e. The maximum absolute atomic E-state index is 13.0. The van der Waals surface area contributed by atoms with Gasteiger partial charge in [-0.15, -0.1) is 0 Å². The van der Waals surface area contributed by atoms with Crippen LogP contribution in [0, 0.1) is 5.82 Å². The second kappa shape index (κ2) is 8.55. The van der Waals surface area contributed by atoms with Gasteiger partial charge in [-0.25, -0.2) is 9.37 Å². The Labute approximate surface area is 167 Å². The van der Waals surface area contributed by atoms with Crippen LogP contribution < -0.4 is 19.7 Å². The lowest BCUT2D eigenvalue weighted by Gasteiger charge is -2.29. The van der Waals surface area contributed by atoms with E-state index in [1.807, 2.05) is 24.3 Å². The Bertz CT molecular complexity index is 997. The molecule has 1 aliphatic rings. The molecule has 29 heavy (non-hydrogen) atoms. The fraction of sp³-hybridized carbons (Fsp3) is 0.190. The first kappa shape index (κ1) is 18.7. The van der Waals surface area contributed by atoms with Gasteiger partial charge >= 0.3 is 0 Å². The molecule has 7 nitrogen and oxygen atoms in total. The van der Waals surface area contributed by atoms with Gasteiger partial charge in [0.25, 0.3) is 5.91 Å². The average molecular weight is 394 g/mol. The molecule has 0 bridgehead atoms. The minimum Gasteiger partial charge on any atom is -0.482 e. The van der Waals surface area contributed by atoms with E-state index in [0.29, 0.717) is 42.8 Å². The minimum atomic E-state index is -0.330. The Balaban J connectivity index is 1.31. The Morgan fingerprint density at radius 3 is 2.83 bits per heavy atom. The van der Waals surface area contributed by atoms with Crippen molar-refractivity contribution in [2.45, 2.75) is 6.42 Å². The highest BCUT2D eigenvalue weighted by Crippen LogP contribution is 2.31. The number of ether oxygens (including phenoxy) is 2. The molecule has 0 atom stereocenters. The molecule has 1 N–H and O–H groups in total. The van der Waals surface area contributed by atoms with Gasteiger partial charge in [-0.3, -0.25) is 4.79 Å². The number of benzene rings is 2. The molecule has 0 aliphatic carbocycles. The van der Waals surface area contributed by atoms with Crippen molar-refractivity contribution in [3.05, 3.63) is 66.6 Å². The maximum Gasteiger partial charge on any atom is 0.265 e. The van der Waals surface area contributed by atoms with Gasteiger partial charge in [-0.05, 0) is 42.8 Å². The summed E-state index contributed by atoms with van der Waals surface area (Å²) in [5, 5.41) is 3.13. The number of hydrogen-bond donors (Lipinski definition) is 1. The molecule has 0 saturated carbocycles. The molecule has 0 spiro atoms. The number of halogens is 1. The topological polar surface area (TPSA) is 76.6 Å². The van der Waals surface area contributed by atoms with Crippen LogP contribution in [0.4, 0.5) is 16.0 Å². The van der Waals surface area contributed by atoms with Gasteiger partial charge in [0.2, 0.25) is 11.8 Å². The molecule has 1 aliphatic heterocycles. The van der Waals surface area contributed by atoms with Crippen molar-refractivity contribution in [1.82, 2.24) is 9.97 Å². The van der Waals surface area contributed by atoms with E-state index in [2.05, 4.69) is 15.3 Å². The minimum absolute atomic E-state index is 0.0519. The zero-order chi connectivity index (χ0) is 20.1. The predicted molar refractivity (Wildman–Crippen MR) is 106 cm³/mol. The number of fused-ring (bicyclic) bond motifs is 1. The van der Waals surface area contributed by atoms with Crippen molar-refractivity contribution in [3.63, 3.8) is 0 Å². The number of aromatic nitrogens is 2. The molecular weight excluding hydrogens is 375 g/mol. The third-order valence-electron chi connectivity index (χ3n) is 4.32. The Kier molecular flexibility index (Phi) is 5.51. The Morgan fingerprint density at radius 1 is 1.14 bits per heavy atom. The zero-order valence-corrected chi connectivity index (χ0v) is 15.5. The van der Waals surface area contributed by atoms with E-state index in [1.165, 1.54) is 24.3 Å². The molecule has 2 aromatic carbocycles. The van der Waals surface area contributed by atoms with E-state index in [9.17, 15) is 9.18 Å². The van der Waals surface area contributed by atoms with Crippen LogP contribution in [0.3, 0.4) is 0 Å². The monoisotopic (exact) mass is 394 g/mol. The molecule has 0 unspecified atom stereocenters. The van der Waals surface area contributed by atoms with Crippen molar-refractivity contribution in [2.24, 2.45) is 0 Å². The SMILES string of the molecule is O=C1COc2ccccc2N1CCCNc1nccc(Oc2ccc(F)cc2)n1. The summed E-state index contributed by atoms with van der Waals surface area (Å²) >= 11 is 0. The normalized spacial score (nSPS) is 12.9. The smallest absolute Gasteiger partial charge is 0.265 e. The molecule has 148 valence electrons. The van der Waals surface area contributed by atoms with Crippen LogP contribution in [0.15, 0.2) is 60.8 Å². The van der Waals surface area contributed by atoms with Crippen molar-refractivity contribution in [2.75, 3.05) is 29.9 Å². The quantitative estimate of drug-likeness (QED) is 0.617. The van der Waals surface area contributed by atoms with E-state index >= 15 is 0 Å². The fourth-order valence-electron chi connectivity index (χ4n) is 2.94. The van der Waals surface area contributed by atoms with Gasteiger partial charge in [0.05, 0.1) is 5.69 Å². The maximum atomic E-state index is 13.0. The fourth-order valence-corrected chi connectivity index (χ4v) is 2.94. The lowest BCUT2D eigenvalue weighted by molar-refractivity contribution is -0.121. The summed E-state index contributed by atoms with van der Waals surface area (Å²) in [6.45, 7) is 1.18. The van der Waals surface area contributed by atoms with Crippen LogP contribution in [0.2, 0.25) is 0 Å². The molecule has 8 heteroatoms. The number of para-hydroxylation sites is 2. The van der Waals surface area contributed by atoms with Crippen LogP contribution in [0.1, 0.15) is 6.42 Å². The second-order valence-corrected chi connectivity index (χ2v) is 6.36. The third kappa shape index (κ3) is 4.60. The lowest BCUT2D eigenvalue weighted by atomic mass is 10.2. The van der Waals surface area contributed by atoms with Crippen LogP contribution in [-0.2, 0) is 4.79 Å². The van der Waals surface area contributed by atoms with E-state index in [4.69, 9.17) is 9.47 Å². The summed E-state index contributed by atoms with van der Waals surface area (Å²) in [6.07, 6.45) is 2.28. The Morgan fingerprint density at radius 2 is 1.97 bits per heavy atom. The van der Waals surface area contributed by atoms with E-state index in [1.54, 1.807) is 17.2 Å². The zero-order valence-electron chi connectivity index (χ0n) is 15.5. The first-order chi connectivity index (χ1) is 14.2. The van der Waals surface area contributed by atoms with Crippen LogP contribution in [0.25, 0.3) is 0 Å². The highest BCUT2D eigenvalue weighted by atomic mass is 19.1. The van der Waals surface area contributed by atoms with Gasteiger partial charge in [0.1, 0.15) is 17.3 Å². The first-order valence-electron chi connectivity index (χ1n) is 9.21. The molecule has 0 radical (unpaired) electrons. The van der Waals surface area contributed by atoms with Gasteiger partial charge in [-0.1, -0.05) is 12.1 Å². The first-order valence-corrected chi connectivity index (χ1v) is 9.21. The van der Waals surface area contributed by atoms with Gasteiger partial charge in [0, 0.05) is 25.4 Å². The molecule has 1 aromatic heterocycles. The van der Waals surface area contributed by atoms with Crippen LogP contribution >= 0.6 is 0 Å². The van der Waals surface area contributed by atoms with Crippen molar-refractivity contribution in [1.29, 1.82) is 0 Å². The van der Waals surface area contributed by atoms with E-state index in [-0.39, 0.29) is 18.3 Å². The molecule has 3 aromatic rings. The standard InChI is InChI=1S/C21H19FN4O3/c22-15-6-8-16(9-7-15)29-19-10-12-24-21(25-19)23-11-3-13-26-17-4-1-2-5-18(17)28-14-20(26)27/h1-2,4-10,12H,3,11,13-14H2,(H,23,24,25). The number of anilines is 2. The average Bonchev–Trinajstić information content (AvgIpc) is 2.74. The summed E-state index contributed by atoms with van der Waals surface area (Å²) < 4.78 is 24.0. The highest BCUT2D eigenvalue weighted by Gasteiger charge is 2.24. The summed E-state index contributed by atoms with van der Waals surface area (Å²) in [4.78, 5) is 22.4. The Hall–Kier alpha value is -3.68. The number of nitrogens with zero attached hydrogens (tertiary/aromatic N) is 3. The number of carbonyl (C=O) groups excluding carboxylic acids is 1. The molecule has 4 rings (SSSR count). The number of rotatable bonds is 7.